The number of carbonyl (C=O) groups excluding carboxylic acids is 2. The topological polar surface area (TPSA) is 105 Å². The van der Waals surface area contributed by atoms with E-state index in [0.29, 0.717) is 19.3 Å². The maximum atomic E-state index is 12.6. The molecule has 0 fully saturated rings. The highest BCUT2D eigenvalue weighted by Crippen LogP contribution is 2.44. The maximum Gasteiger partial charge on any atom is 0.407 e. The molecule has 2 atom stereocenters. The first-order valence-electron chi connectivity index (χ1n) is 11.1. The van der Waals surface area contributed by atoms with Crippen molar-refractivity contribution in [2.45, 2.75) is 57.5 Å². The van der Waals surface area contributed by atoms with Crippen molar-refractivity contribution >= 4 is 18.0 Å². The summed E-state index contributed by atoms with van der Waals surface area (Å²) in [4.78, 5) is 36.1. The zero-order chi connectivity index (χ0) is 23.1. The molecule has 1 aliphatic rings. The molecule has 3 rings (SSSR count). The first-order valence-corrected chi connectivity index (χ1v) is 11.1. The highest BCUT2D eigenvalue weighted by molar-refractivity contribution is 5.86. The van der Waals surface area contributed by atoms with Crippen molar-refractivity contribution in [3.8, 4) is 11.1 Å². The van der Waals surface area contributed by atoms with Gasteiger partial charge in [0.1, 0.15) is 12.6 Å². The Labute approximate surface area is 188 Å². The summed E-state index contributed by atoms with van der Waals surface area (Å²) in [6, 6.07) is 14.9. The highest BCUT2D eigenvalue weighted by atomic mass is 16.5. The quantitative estimate of drug-likeness (QED) is 0.519. The van der Waals surface area contributed by atoms with E-state index in [4.69, 9.17) is 9.84 Å². The summed E-state index contributed by atoms with van der Waals surface area (Å²) < 4.78 is 5.54. The third-order valence-corrected chi connectivity index (χ3v) is 5.79. The SMILES string of the molecule is CCC[C@@H](NC(=O)OCC1c2ccccc2-c2ccccc21)C(=O)NC(CC)CC(=O)O. The number of fused-ring (bicyclic) bond motifs is 3. The minimum atomic E-state index is -0.978. The van der Waals surface area contributed by atoms with Gasteiger partial charge in [-0.25, -0.2) is 4.79 Å². The van der Waals surface area contributed by atoms with Crippen molar-refractivity contribution in [3.05, 3.63) is 59.7 Å². The van der Waals surface area contributed by atoms with Gasteiger partial charge >= 0.3 is 12.1 Å². The molecule has 0 saturated carbocycles. The molecule has 0 aliphatic heterocycles. The molecular formula is C25H30N2O5. The molecule has 0 heterocycles. The van der Waals surface area contributed by atoms with Crippen molar-refractivity contribution < 1.29 is 24.2 Å². The lowest BCUT2D eigenvalue weighted by atomic mass is 9.98. The van der Waals surface area contributed by atoms with Crippen molar-refractivity contribution in [2.24, 2.45) is 0 Å². The maximum absolute atomic E-state index is 12.6. The molecule has 32 heavy (non-hydrogen) atoms. The van der Waals surface area contributed by atoms with Crippen LogP contribution in [0, 0.1) is 0 Å². The largest absolute Gasteiger partial charge is 0.481 e. The number of aliphatic carboxylic acids is 1. The number of amides is 2. The zero-order valence-corrected chi connectivity index (χ0v) is 18.5. The summed E-state index contributed by atoms with van der Waals surface area (Å²) in [5.74, 6) is -1.44. The fraction of sp³-hybridized carbons (Fsp3) is 0.400. The van der Waals surface area contributed by atoms with Gasteiger partial charge in [0, 0.05) is 12.0 Å². The number of carboxylic acids is 1. The van der Waals surface area contributed by atoms with E-state index in [2.05, 4.69) is 22.8 Å². The van der Waals surface area contributed by atoms with Crippen LogP contribution in [0.4, 0.5) is 4.79 Å². The van der Waals surface area contributed by atoms with E-state index in [-0.39, 0.29) is 18.9 Å². The van der Waals surface area contributed by atoms with Crippen molar-refractivity contribution in [3.63, 3.8) is 0 Å². The van der Waals surface area contributed by atoms with E-state index in [1.807, 2.05) is 50.2 Å². The average Bonchev–Trinajstić information content (AvgIpc) is 3.10. The summed E-state index contributed by atoms with van der Waals surface area (Å²) in [5.41, 5.74) is 4.52. The number of carbonyl (C=O) groups is 3. The van der Waals surface area contributed by atoms with E-state index >= 15 is 0 Å². The molecule has 1 unspecified atom stereocenters. The summed E-state index contributed by atoms with van der Waals surface area (Å²) in [7, 11) is 0. The van der Waals surface area contributed by atoms with Crippen LogP contribution in [-0.4, -0.2) is 41.8 Å². The normalized spacial score (nSPS) is 14.1. The van der Waals surface area contributed by atoms with E-state index in [0.717, 1.165) is 22.3 Å². The van der Waals surface area contributed by atoms with Crippen LogP contribution >= 0.6 is 0 Å². The van der Waals surface area contributed by atoms with Crippen LogP contribution in [0.5, 0.6) is 0 Å². The third-order valence-electron chi connectivity index (χ3n) is 5.79. The van der Waals surface area contributed by atoms with Gasteiger partial charge in [-0.05, 0) is 35.1 Å². The lowest BCUT2D eigenvalue weighted by molar-refractivity contribution is -0.137. The second-order valence-corrected chi connectivity index (χ2v) is 8.02. The van der Waals surface area contributed by atoms with Gasteiger partial charge in [0.2, 0.25) is 5.91 Å². The molecule has 2 aromatic carbocycles. The minimum Gasteiger partial charge on any atom is -0.481 e. The number of hydrogen-bond donors (Lipinski definition) is 3. The van der Waals surface area contributed by atoms with Gasteiger partial charge in [0.25, 0.3) is 0 Å². The van der Waals surface area contributed by atoms with Gasteiger partial charge in [0.05, 0.1) is 6.42 Å². The number of ether oxygens (including phenoxy) is 1. The second-order valence-electron chi connectivity index (χ2n) is 8.02. The molecule has 7 nitrogen and oxygen atoms in total. The Bertz CT molecular complexity index is 929. The number of benzene rings is 2. The molecule has 0 radical (unpaired) electrons. The van der Waals surface area contributed by atoms with Crippen LogP contribution in [-0.2, 0) is 14.3 Å². The predicted octanol–water partition coefficient (Wildman–Crippen LogP) is 4.06. The predicted molar refractivity (Wildman–Crippen MR) is 121 cm³/mol. The van der Waals surface area contributed by atoms with Crippen molar-refractivity contribution in [1.82, 2.24) is 10.6 Å². The fourth-order valence-electron chi connectivity index (χ4n) is 4.15. The molecule has 0 saturated heterocycles. The van der Waals surface area contributed by atoms with Gasteiger partial charge in [-0.2, -0.15) is 0 Å². The van der Waals surface area contributed by atoms with E-state index < -0.39 is 30.1 Å². The molecule has 0 bridgehead atoms. The Morgan fingerprint density at radius 3 is 2.09 bits per heavy atom. The molecule has 7 heteroatoms. The molecule has 0 aromatic heterocycles. The lowest BCUT2D eigenvalue weighted by Gasteiger charge is -2.22. The molecule has 0 spiro atoms. The number of rotatable bonds is 10. The number of nitrogens with one attached hydrogen (secondary N) is 2. The van der Waals surface area contributed by atoms with Crippen LogP contribution in [0.3, 0.4) is 0 Å². The highest BCUT2D eigenvalue weighted by Gasteiger charge is 2.30. The smallest absolute Gasteiger partial charge is 0.407 e. The van der Waals surface area contributed by atoms with Gasteiger partial charge in [0.15, 0.2) is 0 Å². The molecule has 2 aromatic rings. The summed E-state index contributed by atoms with van der Waals surface area (Å²) >= 11 is 0. The Morgan fingerprint density at radius 2 is 1.56 bits per heavy atom. The average molecular weight is 439 g/mol. The summed E-state index contributed by atoms with van der Waals surface area (Å²) in [5, 5.41) is 14.4. The monoisotopic (exact) mass is 438 g/mol. The van der Waals surface area contributed by atoms with E-state index in [9.17, 15) is 14.4 Å². The Kier molecular flexibility index (Phi) is 7.87. The summed E-state index contributed by atoms with van der Waals surface area (Å²) in [6.45, 7) is 3.88. The van der Waals surface area contributed by atoms with Crippen LogP contribution in [0.2, 0.25) is 0 Å². The number of carboxylic acid groups (broad SMARTS) is 1. The second kappa shape index (κ2) is 10.8. The van der Waals surface area contributed by atoms with Gasteiger partial charge in [-0.1, -0.05) is 68.8 Å². The van der Waals surface area contributed by atoms with Gasteiger partial charge in [-0.3, -0.25) is 9.59 Å². The first-order chi connectivity index (χ1) is 15.4. The van der Waals surface area contributed by atoms with Crippen molar-refractivity contribution in [2.75, 3.05) is 6.61 Å². The molecule has 3 N–H and O–H groups in total. The van der Waals surface area contributed by atoms with E-state index in [1.165, 1.54) is 0 Å². The molecule has 1 aliphatic carbocycles. The lowest BCUT2D eigenvalue weighted by Crippen LogP contribution is -2.50. The van der Waals surface area contributed by atoms with Gasteiger partial charge < -0.3 is 20.5 Å². The Hall–Kier alpha value is -3.35. The zero-order valence-electron chi connectivity index (χ0n) is 18.5. The summed E-state index contributed by atoms with van der Waals surface area (Å²) in [6.07, 6.45) is 0.775. The third kappa shape index (κ3) is 5.46. The van der Waals surface area contributed by atoms with Gasteiger partial charge in [-0.15, -0.1) is 0 Å². The number of alkyl carbamates (subject to hydrolysis) is 1. The standard InChI is InChI=1S/C25H30N2O5/c1-3-9-22(24(30)26-16(4-2)14-23(28)29)27-25(31)32-15-21-19-12-7-5-10-17(19)18-11-6-8-13-20(18)21/h5-8,10-13,16,21-22H,3-4,9,14-15H2,1-2H3,(H,26,30)(H,27,31)(H,28,29)/t16?,22-/m1/s1. The van der Waals surface area contributed by atoms with Crippen LogP contribution < -0.4 is 10.6 Å². The van der Waals surface area contributed by atoms with Crippen molar-refractivity contribution in [1.29, 1.82) is 0 Å². The fourth-order valence-corrected chi connectivity index (χ4v) is 4.15. The van der Waals surface area contributed by atoms with Crippen LogP contribution in [0.1, 0.15) is 56.6 Å². The number of hydrogen-bond acceptors (Lipinski definition) is 4. The first kappa shape index (κ1) is 23.3. The molecule has 2 amide bonds. The Balaban J connectivity index is 1.62. The minimum absolute atomic E-state index is 0.0633. The van der Waals surface area contributed by atoms with Crippen LogP contribution in [0.25, 0.3) is 11.1 Å². The van der Waals surface area contributed by atoms with E-state index in [1.54, 1.807) is 0 Å². The molecule has 170 valence electrons. The molecular weight excluding hydrogens is 408 g/mol. The Morgan fingerprint density at radius 1 is 0.969 bits per heavy atom. The van der Waals surface area contributed by atoms with Crippen LogP contribution in [0.15, 0.2) is 48.5 Å².